The van der Waals surface area contributed by atoms with E-state index in [1.807, 2.05) is 6.07 Å². The zero-order valence-electron chi connectivity index (χ0n) is 15.1. The Hall–Kier alpha value is -2.90. The number of hydrogen-bond acceptors (Lipinski definition) is 6. The van der Waals surface area contributed by atoms with Crippen LogP contribution in [0.4, 0.5) is 0 Å². The average molecular weight is 400 g/mol. The second kappa shape index (κ2) is 7.26. The summed E-state index contributed by atoms with van der Waals surface area (Å²) in [5, 5.41) is 15.3. The number of likely N-dealkylation sites (tertiary alicyclic amines) is 1. The quantitative estimate of drug-likeness (QED) is 0.725. The minimum atomic E-state index is -1.12. The summed E-state index contributed by atoms with van der Waals surface area (Å²) in [5.41, 5.74) is 0.926. The van der Waals surface area contributed by atoms with Crippen LogP contribution in [0.3, 0.4) is 0 Å². The smallest absolute Gasteiger partial charge is 0.259 e. The monoisotopic (exact) mass is 399 g/mol. The van der Waals surface area contributed by atoms with Crippen molar-refractivity contribution in [2.24, 2.45) is 0 Å². The number of halogens is 1. The van der Waals surface area contributed by atoms with Gasteiger partial charge >= 0.3 is 0 Å². The second-order valence-corrected chi connectivity index (χ2v) is 7.08. The molecule has 3 aromatic rings. The molecule has 2 aromatic heterocycles. The van der Waals surface area contributed by atoms with E-state index in [4.69, 9.17) is 20.9 Å². The van der Waals surface area contributed by atoms with Crippen molar-refractivity contribution in [1.29, 1.82) is 0 Å². The molecule has 0 aliphatic carbocycles. The number of carbonyl (C=O) groups is 1. The van der Waals surface area contributed by atoms with Crippen LogP contribution in [0.25, 0.3) is 11.3 Å². The number of carbonyl (C=O) groups excluding carboxylic acids is 1. The molecule has 0 spiro atoms. The summed E-state index contributed by atoms with van der Waals surface area (Å²) >= 11 is 6.19. The lowest BCUT2D eigenvalue weighted by molar-refractivity contribution is 0.0414. The van der Waals surface area contributed by atoms with E-state index < -0.39 is 5.60 Å². The molecule has 7 nitrogen and oxygen atoms in total. The number of aromatic nitrogens is 2. The molecule has 1 N–H and O–H groups in total. The van der Waals surface area contributed by atoms with Crippen LogP contribution >= 0.6 is 11.6 Å². The first-order valence-corrected chi connectivity index (χ1v) is 9.10. The number of nitrogens with zero attached hydrogens (tertiary/aromatic N) is 3. The number of aliphatic hydroxyl groups is 1. The molecule has 8 heteroatoms. The lowest BCUT2D eigenvalue weighted by atomic mass is 9.95. The molecule has 1 aliphatic heterocycles. The first-order chi connectivity index (χ1) is 13.5. The van der Waals surface area contributed by atoms with Gasteiger partial charge in [0.1, 0.15) is 28.9 Å². The van der Waals surface area contributed by atoms with Gasteiger partial charge in [-0.15, -0.1) is 0 Å². The third-order valence-corrected chi connectivity index (χ3v) is 5.25. The van der Waals surface area contributed by atoms with Crippen LogP contribution in [0.5, 0.6) is 5.75 Å². The Morgan fingerprint density at radius 2 is 2.25 bits per heavy atom. The second-order valence-electron chi connectivity index (χ2n) is 6.68. The Morgan fingerprint density at radius 3 is 2.96 bits per heavy atom. The highest BCUT2D eigenvalue weighted by molar-refractivity contribution is 6.32. The third-order valence-electron chi connectivity index (χ3n) is 4.96. The standard InChI is InChI=1S/C20H18ClN3O4/c1-27-17-5-4-13(9-16(17)21)18-15(11-28-23-18)19(25)24-8-6-20(26,12-24)14-3-2-7-22-10-14/h2-5,7,9-11,26H,6,8,12H2,1H3. The van der Waals surface area contributed by atoms with Crippen LogP contribution in [0, 0.1) is 0 Å². The maximum Gasteiger partial charge on any atom is 0.259 e. The highest BCUT2D eigenvalue weighted by Crippen LogP contribution is 2.35. The molecule has 3 heterocycles. The van der Waals surface area contributed by atoms with Gasteiger partial charge in [-0.05, 0) is 30.7 Å². The van der Waals surface area contributed by atoms with Gasteiger partial charge in [-0.2, -0.15) is 0 Å². The lowest BCUT2D eigenvalue weighted by Crippen LogP contribution is -2.34. The van der Waals surface area contributed by atoms with Crippen LogP contribution in [0.1, 0.15) is 22.3 Å². The number of benzene rings is 1. The van der Waals surface area contributed by atoms with Crippen molar-refractivity contribution in [3.63, 3.8) is 0 Å². The van der Waals surface area contributed by atoms with E-state index in [1.165, 1.54) is 13.4 Å². The summed E-state index contributed by atoms with van der Waals surface area (Å²) < 4.78 is 10.2. The zero-order chi connectivity index (χ0) is 19.7. The molecule has 1 aliphatic rings. The van der Waals surface area contributed by atoms with Gasteiger partial charge < -0.3 is 19.3 Å². The van der Waals surface area contributed by atoms with Crippen LogP contribution < -0.4 is 4.74 Å². The first-order valence-electron chi connectivity index (χ1n) is 8.72. The maximum absolute atomic E-state index is 13.1. The lowest BCUT2D eigenvalue weighted by Gasteiger charge is -2.23. The summed E-state index contributed by atoms with van der Waals surface area (Å²) in [6.45, 7) is 0.587. The van der Waals surface area contributed by atoms with E-state index in [2.05, 4.69) is 10.1 Å². The van der Waals surface area contributed by atoms with Crippen molar-refractivity contribution < 1.29 is 19.2 Å². The van der Waals surface area contributed by atoms with Crippen molar-refractivity contribution in [2.75, 3.05) is 20.2 Å². The number of pyridine rings is 1. The van der Waals surface area contributed by atoms with E-state index in [-0.39, 0.29) is 12.5 Å². The largest absolute Gasteiger partial charge is 0.495 e. The van der Waals surface area contributed by atoms with Crippen molar-refractivity contribution in [3.05, 3.63) is 65.1 Å². The average Bonchev–Trinajstić information content (AvgIpc) is 3.36. The van der Waals surface area contributed by atoms with Gasteiger partial charge in [0.25, 0.3) is 5.91 Å². The van der Waals surface area contributed by atoms with Crippen LogP contribution in [0.15, 0.2) is 53.5 Å². The molecule has 4 rings (SSSR count). The zero-order valence-corrected chi connectivity index (χ0v) is 15.9. The van der Waals surface area contributed by atoms with Gasteiger partial charge in [0, 0.05) is 30.1 Å². The van der Waals surface area contributed by atoms with Gasteiger partial charge in [0.05, 0.1) is 18.7 Å². The van der Waals surface area contributed by atoms with Crippen molar-refractivity contribution >= 4 is 17.5 Å². The SMILES string of the molecule is COc1ccc(-c2nocc2C(=O)N2CCC(O)(c3cccnc3)C2)cc1Cl. The molecule has 1 amide bonds. The predicted molar refractivity (Wildman–Crippen MR) is 102 cm³/mol. The van der Waals surface area contributed by atoms with Crippen LogP contribution in [-0.2, 0) is 5.60 Å². The molecular weight excluding hydrogens is 382 g/mol. The van der Waals surface area contributed by atoms with E-state index in [1.54, 1.807) is 41.6 Å². The highest BCUT2D eigenvalue weighted by atomic mass is 35.5. The minimum absolute atomic E-state index is 0.172. The number of ether oxygens (including phenoxy) is 1. The number of rotatable bonds is 4. The van der Waals surface area contributed by atoms with Crippen LogP contribution in [0.2, 0.25) is 5.02 Å². The number of β-amino-alcohol motifs (C(OH)–C–C–N with tert-alkyl or cyclic N) is 1. The van der Waals surface area contributed by atoms with Crippen molar-refractivity contribution in [3.8, 4) is 17.0 Å². The Morgan fingerprint density at radius 1 is 1.39 bits per heavy atom. The number of amides is 1. The molecule has 0 radical (unpaired) electrons. The van der Waals surface area contributed by atoms with E-state index in [0.717, 1.165) is 0 Å². The van der Waals surface area contributed by atoms with E-state index in [9.17, 15) is 9.90 Å². The summed E-state index contributed by atoms with van der Waals surface area (Å²) in [7, 11) is 1.53. The van der Waals surface area contributed by atoms with Gasteiger partial charge in [-0.25, -0.2) is 0 Å². The topological polar surface area (TPSA) is 88.7 Å². The number of hydrogen-bond donors (Lipinski definition) is 1. The minimum Gasteiger partial charge on any atom is -0.495 e. The molecule has 1 saturated heterocycles. The third kappa shape index (κ3) is 3.23. The normalized spacial score (nSPS) is 19.0. The summed E-state index contributed by atoms with van der Waals surface area (Å²) in [6, 6.07) is 8.71. The summed E-state index contributed by atoms with van der Waals surface area (Å²) in [6.07, 6.45) is 5.02. The molecule has 0 saturated carbocycles. The maximum atomic E-state index is 13.1. The van der Waals surface area contributed by atoms with Gasteiger partial charge in [0.15, 0.2) is 0 Å². The highest BCUT2D eigenvalue weighted by Gasteiger charge is 2.40. The molecule has 28 heavy (non-hydrogen) atoms. The summed E-state index contributed by atoms with van der Waals surface area (Å²) in [4.78, 5) is 18.7. The van der Waals surface area contributed by atoms with Gasteiger partial charge in [-0.3, -0.25) is 9.78 Å². The fourth-order valence-corrected chi connectivity index (χ4v) is 3.68. The molecule has 1 aromatic carbocycles. The predicted octanol–water partition coefficient (Wildman–Crippen LogP) is 3.13. The Balaban J connectivity index is 1.59. The molecule has 1 unspecified atom stereocenters. The molecule has 144 valence electrons. The van der Waals surface area contributed by atoms with Gasteiger partial charge in [0.2, 0.25) is 0 Å². The first kappa shape index (κ1) is 18.5. The molecular formula is C20H18ClN3O4. The Bertz CT molecular complexity index is 1010. The van der Waals surface area contributed by atoms with E-state index >= 15 is 0 Å². The Labute approximate surface area is 166 Å². The summed E-state index contributed by atoms with van der Waals surface area (Å²) in [5.74, 6) is 0.269. The van der Waals surface area contributed by atoms with Crippen molar-refractivity contribution in [1.82, 2.24) is 15.0 Å². The fourth-order valence-electron chi connectivity index (χ4n) is 3.42. The Kier molecular flexibility index (Phi) is 4.78. The molecule has 0 bridgehead atoms. The van der Waals surface area contributed by atoms with Gasteiger partial charge in [-0.1, -0.05) is 22.8 Å². The number of methoxy groups -OCH3 is 1. The molecule has 1 fully saturated rings. The van der Waals surface area contributed by atoms with E-state index in [0.29, 0.717) is 46.1 Å². The molecule has 1 atom stereocenters. The van der Waals surface area contributed by atoms with Crippen molar-refractivity contribution in [2.45, 2.75) is 12.0 Å². The fraction of sp³-hybridized carbons (Fsp3) is 0.250. The van der Waals surface area contributed by atoms with Crippen LogP contribution in [-0.4, -0.2) is 46.3 Å².